The fraction of sp³-hybridized carbons (Fsp3) is 0.0400. The van der Waals surface area contributed by atoms with Crippen LogP contribution in [0.5, 0.6) is 5.75 Å². The van der Waals surface area contributed by atoms with Crippen LogP contribution in [0.2, 0.25) is 0 Å². The molecular formula is C25H19BrN2O2S. The van der Waals surface area contributed by atoms with Gasteiger partial charge in [0.25, 0.3) is 0 Å². The van der Waals surface area contributed by atoms with Crippen LogP contribution in [0, 0.1) is 0 Å². The summed E-state index contributed by atoms with van der Waals surface area (Å²) in [6.45, 7) is 0.522. The van der Waals surface area contributed by atoms with E-state index in [1.165, 1.54) is 17.4 Å². The van der Waals surface area contributed by atoms with Gasteiger partial charge in [-0.15, -0.1) is 11.3 Å². The Morgan fingerprint density at radius 1 is 1.00 bits per heavy atom. The van der Waals surface area contributed by atoms with Crippen LogP contribution in [0.1, 0.15) is 11.1 Å². The lowest BCUT2D eigenvalue weighted by atomic mass is 10.2. The van der Waals surface area contributed by atoms with Gasteiger partial charge in [-0.25, -0.2) is 4.98 Å². The average molecular weight is 491 g/mol. The predicted octanol–water partition coefficient (Wildman–Crippen LogP) is 6.80. The van der Waals surface area contributed by atoms with E-state index in [9.17, 15) is 4.79 Å². The zero-order chi connectivity index (χ0) is 21.5. The van der Waals surface area contributed by atoms with Gasteiger partial charge in [-0.05, 0) is 41.5 Å². The molecular weight excluding hydrogens is 472 g/mol. The van der Waals surface area contributed by atoms with Crippen LogP contribution in [0.3, 0.4) is 0 Å². The first kappa shape index (κ1) is 21.0. The third-order valence-corrected chi connectivity index (χ3v) is 5.72. The zero-order valence-electron chi connectivity index (χ0n) is 16.5. The van der Waals surface area contributed by atoms with Gasteiger partial charge in [0.05, 0.1) is 5.69 Å². The molecule has 0 fully saturated rings. The second kappa shape index (κ2) is 10.2. The molecule has 1 N–H and O–H groups in total. The summed E-state index contributed by atoms with van der Waals surface area (Å²) in [5, 5.41) is 5.31. The molecule has 4 rings (SSSR count). The van der Waals surface area contributed by atoms with Crippen molar-refractivity contribution >= 4 is 44.4 Å². The van der Waals surface area contributed by atoms with Crippen molar-refractivity contribution in [3.63, 3.8) is 0 Å². The van der Waals surface area contributed by atoms with Crippen molar-refractivity contribution in [1.82, 2.24) is 4.98 Å². The molecule has 0 aliphatic carbocycles. The highest BCUT2D eigenvalue weighted by Gasteiger charge is 2.06. The Hall–Kier alpha value is -3.22. The Labute approximate surface area is 193 Å². The maximum Gasteiger partial charge on any atom is 0.250 e. The van der Waals surface area contributed by atoms with Crippen LogP contribution >= 0.6 is 27.3 Å². The fourth-order valence-corrected chi connectivity index (χ4v) is 3.81. The number of rotatable bonds is 7. The lowest BCUT2D eigenvalue weighted by molar-refractivity contribution is -0.111. The molecule has 1 amide bonds. The quantitative estimate of drug-likeness (QED) is 0.289. The molecule has 0 aliphatic rings. The Bertz CT molecular complexity index is 1170. The number of ether oxygens (including phenoxy) is 1. The molecule has 0 unspecified atom stereocenters. The van der Waals surface area contributed by atoms with Crippen LogP contribution < -0.4 is 10.1 Å². The van der Waals surface area contributed by atoms with Crippen LogP contribution in [0.4, 0.5) is 5.13 Å². The largest absolute Gasteiger partial charge is 0.489 e. The lowest BCUT2D eigenvalue weighted by Gasteiger charge is -2.06. The van der Waals surface area contributed by atoms with Crippen LogP contribution in [0.25, 0.3) is 17.3 Å². The van der Waals surface area contributed by atoms with Gasteiger partial charge in [0.1, 0.15) is 12.4 Å². The molecule has 0 saturated carbocycles. The summed E-state index contributed by atoms with van der Waals surface area (Å²) in [7, 11) is 0. The van der Waals surface area contributed by atoms with Crippen LogP contribution in [-0.4, -0.2) is 10.9 Å². The molecule has 0 aliphatic heterocycles. The van der Waals surface area contributed by atoms with E-state index in [4.69, 9.17) is 4.74 Å². The van der Waals surface area contributed by atoms with Crippen molar-refractivity contribution in [3.05, 3.63) is 106 Å². The summed E-state index contributed by atoms with van der Waals surface area (Å²) in [6, 6.07) is 25.5. The van der Waals surface area contributed by atoms with Gasteiger partial charge in [0, 0.05) is 21.5 Å². The first-order chi connectivity index (χ1) is 15.2. The minimum atomic E-state index is -0.221. The maximum absolute atomic E-state index is 12.2. The zero-order valence-corrected chi connectivity index (χ0v) is 18.9. The summed E-state index contributed by atoms with van der Waals surface area (Å²) >= 11 is 4.82. The summed E-state index contributed by atoms with van der Waals surface area (Å²) in [5.74, 6) is 0.565. The average Bonchev–Trinajstić information content (AvgIpc) is 3.26. The summed E-state index contributed by atoms with van der Waals surface area (Å²) in [4.78, 5) is 16.7. The number of carbonyl (C=O) groups excluding carboxylic acids is 1. The molecule has 4 aromatic rings. The van der Waals surface area contributed by atoms with E-state index < -0.39 is 0 Å². The van der Waals surface area contributed by atoms with E-state index in [-0.39, 0.29) is 5.91 Å². The molecule has 0 bridgehead atoms. The highest BCUT2D eigenvalue weighted by atomic mass is 79.9. The number of hydrogen-bond acceptors (Lipinski definition) is 4. The van der Waals surface area contributed by atoms with Crippen LogP contribution in [-0.2, 0) is 11.4 Å². The Kier molecular flexibility index (Phi) is 6.92. The van der Waals surface area contributed by atoms with E-state index in [1.54, 1.807) is 6.08 Å². The number of nitrogens with zero attached hydrogens (tertiary/aromatic N) is 1. The number of halogens is 1. The van der Waals surface area contributed by atoms with Crippen molar-refractivity contribution < 1.29 is 9.53 Å². The summed E-state index contributed by atoms with van der Waals surface area (Å²) in [6.07, 6.45) is 3.26. The van der Waals surface area contributed by atoms with Gasteiger partial charge in [0.15, 0.2) is 5.13 Å². The van der Waals surface area contributed by atoms with Crippen molar-refractivity contribution in [2.45, 2.75) is 6.61 Å². The number of hydrogen-bond donors (Lipinski definition) is 1. The number of benzene rings is 3. The van der Waals surface area contributed by atoms with E-state index in [0.717, 1.165) is 32.6 Å². The molecule has 6 heteroatoms. The molecule has 3 aromatic carbocycles. The predicted molar refractivity (Wildman–Crippen MR) is 130 cm³/mol. The van der Waals surface area contributed by atoms with Gasteiger partial charge >= 0.3 is 0 Å². The van der Waals surface area contributed by atoms with Gasteiger partial charge in [0.2, 0.25) is 5.91 Å². The van der Waals surface area contributed by atoms with Crippen molar-refractivity contribution in [2.24, 2.45) is 0 Å². The molecule has 0 spiro atoms. The summed E-state index contributed by atoms with van der Waals surface area (Å²) in [5.41, 5.74) is 3.87. The van der Waals surface area contributed by atoms with Crippen molar-refractivity contribution in [3.8, 4) is 17.0 Å². The molecule has 1 aromatic heterocycles. The van der Waals surface area contributed by atoms with E-state index >= 15 is 0 Å². The normalized spacial score (nSPS) is 10.9. The van der Waals surface area contributed by atoms with Gasteiger partial charge in [-0.2, -0.15) is 0 Å². The monoisotopic (exact) mass is 490 g/mol. The molecule has 0 atom stereocenters. The van der Waals surface area contributed by atoms with Crippen molar-refractivity contribution in [1.29, 1.82) is 0 Å². The number of thiazole rings is 1. The molecule has 1 heterocycles. The topological polar surface area (TPSA) is 51.2 Å². The number of aromatic nitrogens is 1. The van der Waals surface area contributed by atoms with Gasteiger partial charge < -0.3 is 4.74 Å². The van der Waals surface area contributed by atoms with E-state index in [2.05, 4.69) is 26.2 Å². The number of amides is 1. The Morgan fingerprint density at radius 2 is 1.74 bits per heavy atom. The molecule has 154 valence electrons. The first-order valence-corrected chi connectivity index (χ1v) is 11.3. The highest BCUT2D eigenvalue weighted by molar-refractivity contribution is 9.10. The molecule has 31 heavy (non-hydrogen) atoms. The van der Waals surface area contributed by atoms with Gasteiger partial charge in [-0.1, -0.05) is 70.5 Å². The molecule has 0 saturated heterocycles. The molecule has 0 radical (unpaired) electrons. The van der Waals surface area contributed by atoms with Gasteiger partial charge in [-0.3, -0.25) is 10.1 Å². The maximum atomic E-state index is 12.2. The fourth-order valence-electron chi connectivity index (χ4n) is 2.82. The number of anilines is 1. The van der Waals surface area contributed by atoms with Crippen LogP contribution in [0.15, 0.2) is 94.8 Å². The summed E-state index contributed by atoms with van der Waals surface area (Å²) < 4.78 is 6.80. The first-order valence-electron chi connectivity index (χ1n) is 9.63. The van der Waals surface area contributed by atoms with E-state index in [1.807, 2.05) is 84.2 Å². The second-order valence-corrected chi connectivity index (χ2v) is 8.48. The lowest BCUT2D eigenvalue weighted by Crippen LogP contribution is -2.07. The van der Waals surface area contributed by atoms with E-state index in [0.29, 0.717) is 11.7 Å². The highest BCUT2D eigenvalue weighted by Crippen LogP contribution is 2.26. The minimum Gasteiger partial charge on any atom is -0.489 e. The molecule has 4 nitrogen and oxygen atoms in total. The number of carbonyl (C=O) groups is 1. The third-order valence-electron chi connectivity index (χ3n) is 4.43. The minimum absolute atomic E-state index is 0.221. The Morgan fingerprint density at radius 3 is 2.48 bits per heavy atom. The SMILES string of the molecule is O=C(/C=C/c1ccc(OCc2ccccc2)cc1)Nc1nc(-c2ccc(Br)cc2)cs1. The second-order valence-electron chi connectivity index (χ2n) is 6.71. The smallest absolute Gasteiger partial charge is 0.250 e. The van der Waals surface area contributed by atoms with Crippen molar-refractivity contribution in [2.75, 3.05) is 5.32 Å². The Balaban J connectivity index is 1.30. The standard InChI is InChI=1S/C25H19BrN2O2S/c26-21-11-9-20(10-12-21)23-17-31-25(27-23)28-24(29)15-8-18-6-13-22(14-7-18)30-16-19-4-2-1-3-5-19/h1-15,17H,16H2,(H,27,28,29)/b15-8+. The number of nitrogens with one attached hydrogen (secondary N) is 1. The third kappa shape index (κ3) is 6.13.